The van der Waals surface area contributed by atoms with Gasteiger partial charge in [0.2, 0.25) is 0 Å². The van der Waals surface area contributed by atoms with Crippen molar-refractivity contribution in [3.05, 3.63) is 75.4 Å². The van der Waals surface area contributed by atoms with E-state index in [0.29, 0.717) is 10.4 Å². The van der Waals surface area contributed by atoms with Gasteiger partial charge in [0.15, 0.2) is 4.80 Å². The Labute approximate surface area is 147 Å². The summed E-state index contributed by atoms with van der Waals surface area (Å²) in [5.74, 6) is -1.12. The van der Waals surface area contributed by atoms with Crippen LogP contribution in [0.5, 0.6) is 0 Å². The molecule has 1 aromatic heterocycles. The molecule has 0 saturated heterocycles. The first-order valence-corrected chi connectivity index (χ1v) is 8.60. The SMILES string of the molecule is CCc1sc(=NC(=O)c2ccc(F)cc2)n(C)c1-c1ccc(F)cc1. The molecule has 2 aromatic carbocycles. The Morgan fingerprint density at radius 2 is 1.60 bits per heavy atom. The van der Waals surface area contributed by atoms with Crippen molar-refractivity contribution >= 4 is 17.2 Å². The van der Waals surface area contributed by atoms with E-state index in [-0.39, 0.29) is 5.82 Å². The van der Waals surface area contributed by atoms with E-state index in [0.717, 1.165) is 22.6 Å². The number of hydrogen-bond donors (Lipinski definition) is 0. The summed E-state index contributed by atoms with van der Waals surface area (Å²) in [4.78, 5) is 18.1. The third-order valence-electron chi connectivity index (χ3n) is 3.83. The Morgan fingerprint density at radius 3 is 2.16 bits per heavy atom. The topological polar surface area (TPSA) is 34.4 Å². The summed E-state index contributed by atoms with van der Waals surface area (Å²) < 4.78 is 28.0. The van der Waals surface area contributed by atoms with Crippen LogP contribution in [0, 0.1) is 11.6 Å². The van der Waals surface area contributed by atoms with Gasteiger partial charge in [-0.1, -0.05) is 6.92 Å². The van der Waals surface area contributed by atoms with Crippen LogP contribution >= 0.6 is 11.3 Å². The molecule has 0 bridgehead atoms. The Bertz CT molecular complexity index is 970. The summed E-state index contributed by atoms with van der Waals surface area (Å²) >= 11 is 1.42. The molecular weight excluding hydrogens is 342 g/mol. The summed E-state index contributed by atoms with van der Waals surface area (Å²) in [6.45, 7) is 2.02. The predicted molar refractivity (Wildman–Crippen MR) is 94.4 cm³/mol. The van der Waals surface area contributed by atoms with Crippen molar-refractivity contribution in [3.8, 4) is 11.3 Å². The lowest BCUT2D eigenvalue weighted by Gasteiger charge is -2.05. The zero-order chi connectivity index (χ0) is 18.0. The van der Waals surface area contributed by atoms with Gasteiger partial charge in [-0.3, -0.25) is 4.79 Å². The molecule has 3 rings (SSSR count). The molecule has 0 radical (unpaired) electrons. The van der Waals surface area contributed by atoms with E-state index in [4.69, 9.17) is 0 Å². The number of amides is 1. The molecule has 0 aliphatic rings. The van der Waals surface area contributed by atoms with Gasteiger partial charge in [-0.2, -0.15) is 4.99 Å². The number of aromatic nitrogens is 1. The molecule has 0 aliphatic carbocycles. The van der Waals surface area contributed by atoms with Crippen LogP contribution in [0.15, 0.2) is 53.5 Å². The largest absolute Gasteiger partial charge is 0.319 e. The fraction of sp³-hybridized carbons (Fsp3) is 0.158. The predicted octanol–water partition coefficient (Wildman–Crippen LogP) is 4.34. The molecule has 6 heteroatoms. The van der Waals surface area contributed by atoms with Crippen molar-refractivity contribution in [3.63, 3.8) is 0 Å². The molecule has 0 saturated carbocycles. The second-order valence-corrected chi connectivity index (χ2v) is 6.56. The average Bonchev–Trinajstić information content (AvgIpc) is 2.92. The van der Waals surface area contributed by atoms with Gasteiger partial charge in [0.25, 0.3) is 5.91 Å². The lowest BCUT2D eigenvalue weighted by atomic mass is 10.1. The molecule has 128 valence electrons. The molecule has 3 aromatic rings. The molecule has 0 N–H and O–H groups in total. The van der Waals surface area contributed by atoms with Crippen LogP contribution in [0.2, 0.25) is 0 Å². The molecule has 0 unspecified atom stereocenters. The van der Waals surface area contributed by atoms with Crippen LogP contribution in [0.1, 0.15) is 22.2 Å². The minimum atomic E-state index is -0.426. The molecule has 3 nitrogen and oxygen atoms in total. The standard InChI is InChI=1S/C19H16F2N2OS/c1-3-16-17(12-4-8-14(20)9-5-12)23(2)19(25-16)22-18(24)13-6-10-15(21)11-7-13/h4-11H,3H2,1-2H3. The number of halogens is 2. The molecule has 1 heterocycles. The van der Waals surface area contributed by atoms with Gasteiger partial charge >= 0.3 is 0 Å². The summed E-state index contributed by atoms with van der Waals surface area (Å²) in [6, 6.07) is 11.5. The Morgan fingerprint density at radius 1 is 1.04 bits per heavy atom. The number of thiazole rings is 1. The van der Waals surface area contributed by atoms with Crippen molar-refractivity contribution in [2.24, 2.45) is 12.0 Å². The molecule has 0 fully saturated rings. The molecule has 25 heavy (non-hydrogen) atoms. The van der Waals surface area contributed by atoms with Gasteiger partial charge in [-0.25, -0.2) is 8.78 Å². The van der Waals surface area contributed by atoms with Gasteiger partial charge in [-0.15, -0.1) is 11.3 Å². The number of aryl methyl sites for hydroxylation is 1. The summed E-state index contributed by atoms with van der Waals surface area (Å²) in [5, 5.41) is 0. The lowest BCUT2D eigenvalue weighted by Crippen LogP contribution is -2.14. The van der Waals surface area contributed by atoms with Crippen molar-refractivity contribution in [1.82, 2.24) is 4.57 Å². The monoisotopic (exact) mass is 358 g/mol. The maximum atomic E-state index is 13.2. The van der Waals surface area contributed by atoms with Crippen LogP contribution in [0.4, 0.5) is 8.78 Å². The van der Waals surface area contributed by atoms with E-state index in [1.54, 1.807) is 12.1 Å². The van der Waals surface area contributed by atoms with E-state index in [9.17, 15) is 13.6 Å². The minimum Gasteiger partial charge on any atom is -0.319 e. The van der Waals surface area contributed by atoms with Gasteiger partial charge in [-0.05, 0) is 60.5 Å². The molecular formula is C19H16F2N2OS. The maximum Gasteiger partial charge on any atom is 0.279 e. The molecule has 0 atom stereocenters. The van der Waals surface area contributed by atoms with E-state index in [2.05, 4.69) is 4.99 Å². The van der Waals surface area contributed by atoms with Crippen LogP contribution in [0.3, 0.4) is 0 Å². The minimum absolute atomic E-state index is 0.295. The maximum absolute atomic E-state index is 13.2. The van der Waals surface area contributed by atoms with Crippen molar-refractivity contribution in [1.29, 1.82) is 0 Å². The first-order chi connectivity index (χ1) is 12.0. The molecule has 0 spiro atoms. The van der Waals surface area contributed by atoms with Crippen LogP contribution in [0.25, 0.3) is 11.3 Å². The summed E-state index contributed by atoms with van der Waals surface area (Å²) in [6.07, 6.45) is 0.769. The van der Waals surface area contributed by atoms with E-state index in [1.165, 1.54) is 47.7 Å². The number of nitrogens with zero attached hydrogens (tertiary/aromatic N) is 2. The molecule has 1 amide bonds. The Kier molecular flexibility index (Phi) is 4.90. The number of hydrogen-bond acceptors (Lipinski definition) is 2. The van der Waals surface area contributed by atoms with E-state index >= 15 is 0 Å². The lowest BCUT2D eigenvalue weighted by molar-refractivity contribution is 0.0998. The zero-order valence-electron chi connectivity index (χ0n) is 13.8. The highest BCUT2D eigenvalue weighted by Crippen LogP contribution is 2.26. The Hall–Kier alpha value is -2.60. The Balaban J connectivity index is 2.07. The van der Waals surface area contributed by atoms with Crippen molar-refractivity contribution in [2.75, 3.05) is 0 Å². The number of carbonyl (C=O) groups excluding carboxylic acids is 1. The van der Waals surface area contributed by atoms with Crippen LogP contribution in [-0.2, 0) is 13.5 Å². The highest BCUT2D eigenvalue weighted by molar-refractivity contribution is 7.09. The second kappa shape index (κ2) is 7.11. The van der Waals surface area contributed by atoms with Gasteiger partial charge < -0.3 is 4.57 Å². The number of rotatable bonds is 3. The summed E-state index contributed by atoms with van der Waals surface area (Å²) in [7, 11) is 1.82. The highest BCUT2D eigenvalue weighted by Gasteiger charge is 2.13. The van der Waals surface area contributed by atoms with Gasteiger partial charge in [0.05, 0.1) is 5.69 Å². The average molecular weight is 358 g/mol. The first kappa shape index (κ1) is 17.2. The van der Waals surface area contributed by atoms with Gasteiger partial charge in [0, 0.05) is 17.5 Å². The van der Waals surface area contributed by atoms with Crippen LogP contribution in [-0.4, -0.2) is 10.5 Å². The fourth-order valence-electron chi connectivity index (χ4n) is 2.55. The van der Waals surface area contributed by atoms with Crippen LogP contribution < -0.4 is 4.80 Å². The van der Waals surface area contributed by atoms with E-state index < -0.39 is 11.7 Å². The van der Waals surface area contributed by atoms with Crippen molar-refractivity contribution in [2.45, 2.75) is 13.3 Å². The third kappa shape index (κ3) is 3.58. The smallest absolute Gasteiger partial charge is 0.279 e. The fourth-order valence-corrected chi connectivity index (χ4v) is 3.63. The zero-order valence-corrected chi connectivity index (χ0v) is 14.6. The molecule has 0 aliphatic heterocycles. The third-order valence-corrected chi connectivity index (χ3v) is 5.10. The normalized spacial score (nSPS) is 11.8. The van der Waals surface area contributed by atoms with E-state index in [1.807, 2.05) is 18.5 Å². The van der Waals surface area contributed by atoms with Gasteiger partial charge in [0.1, 0.15) is 11.6 Å². The quantitative estimate of drug-likeness (QED) is 0.686. The number of benzene rings is 2. The highest BCUT2D eigenvalue weighted by atomic mass is 32.1. The summed E-state index contributed by atoms with van der Waals surface area (Å²) in [5.41, 5.74) is 2.11. The number of carbonyl (C=O) groups is 1. The van der Waals surface area contributed by atoms with Crippen molar-refractivity contribution < 1.29 is 13.6 Å². The second-order valence-electron chi connectivity index (χ2n) is 5.50. The first-order valence-electron chi connectivity index (χ1n) is 7.79.